The largest absolute Gasteiger partial charge is 0.444 e. The zero-order valence-corrected chi connectivity index (χ0v) is 16.6. The van der Waals surface area contributed by atoms with Gasteiger partial charge in [-0.2, -0.15) is 5.10 Å². The SMILES string of the molecule is CC(C)(C)OC(=O)Nc1nc(C(=O)C(=O)NC2C(=O)NC2Cn2cncn2)cs1. The highest BCUT2D eigenvalue weighted by atomic mass is 32.1. The van der Waals surface area contributed by atoms with Gasteiger partial charge in [0.15, 0.2) is 5.13 Å². The van der Waals surface area contributed by atoms with Crippen LogP contribution in [-0.4, -0.2) is 61.1 Å². The maximum atomic E-state index is 12.3. The fourth-order valence-corrected chi connectivity index (χ4v) is 3.11. The molecule has 1 aliphatic heterocycles. The Kier molecular flexibility index (Phi) is 5.59. The first-order valence-electron chi connectivity index (χ1n) is 8.56. The van der Waals surface area contributed by atoms with Crippen LogP contribution in [0.5, 0.6) is 0 Å². The molecule has 3 rings (SSSR count). The third-order valence-electron chi connectivity index (χ3n) is 3.70. The maximum absolute atomic E-state index is 12.3. The van der Waals surface area contributed by atoms with Crippen molar-refractivity contribution in [1.82, 2.24) is 30.4 Å². The Hall–Kier alpha value is -3.35. The first-order valence-corrected chi connectivity index (χ1v) is 9.44. The van der Waals surface area contributed by atoms with Crippen LogP contribution in [0.25, 0.3) is 0 Å². The van der Waals surface area contributed by atoms with Gasteiger partial charge in [0.25, 0.3) is 11.7 Å². The summed E-state index contributed by atoms with van der Waals surface area (Å²) in [7, 11) is 0. The Labute approximate surface area is 169 Å². The van der Waals surface area contributed by atoms with Crippen LogP contribution in [0.1, 0.15) is 31.3 Å². The number of carbonyl (C=O) groups excluding carboxylic acids is 4. The highest BCUT2D eigenvalue weighted by Gasteiger charge is 2.41. The number of anilines is 1. The third-order valence-corrected chi connectivity index (χ3v) is 4.46. The van der Waals surface area contributed by atoms with E-state index < -0.39 is 41.4 Å². The lowest BCUT2D eigenvalue weighted by molar-refractivity contribution is -0.135. The summed E-state index contributed by atoms with van der Waals surface area (Å²) in [6.07, 6.45) is 2.10. The molecular weight excluding hydrogens is 402 g/mol. The number of thiazole rings is 1. The van der Waals surface area contributed by atoms with Crippen LogP contribution in [0.3, 0.4) is 0 Å². The molecule has 154 valence electrons. The van der Waals surface area contributed by atoms with E-state index in [-0.39, 0.29) is 10.8 Å². The number of nitrogens with one attached hydrogen (secondary N) is 3. The Bertz CT molecular complexity index is 934. The maximum Gasteiger partial charge on any atom is 0.413 e. The predicted octanol–water partition coefficient (Wildman–Crippen LogP) is -0.0523. The van der Waals surface area contributed by atoms with Gasteiger partial charge < -0.3 is 15.4 Å². The van der Waals surface area contributed by atoms with Crippen molar-refractivity contribution in [3.8, 4) is 0 Å². The molecule has 2 unspecified atom stereocenters. The van der Waals surface area contributed by atoms with Crippen molar-refractivity contribution in [2.24, 2.45) is 0 Å². The fraction of sp³-hybridized carbons (Fsp3) is 0.438. The molecule has 3 heterocycles. The predicted molar refractivity (Wildman–Crippen MR) is 100 cm³/mol. The smallest absolute Gasteiger partial charge is 0.413 e. The monoisotopic (exact) mass is 421 g/mol. The van der Waals surface area contributed by atoms with E-state index in [4.69, 9.17) is 4.74 Å². The Morgan fingerprint density at radius 2 is 2.10 bits per heavy atom. The average molecular weight is 421 g/mol. The van der Waals surface area contributed by atoms with E-state index in [1.165, 1.54) is 22.7 Å². The van der Waals surface area contributed by atoms with E-state index in [0.717, 1.165) is 11.3 Å². The molecule has 0 aromatic carbocycles. The summed E-state index contributed by atoms with van der Waals surface area (Å²) in [5.74, 6) is -2.29. The second-order valence-corrected chi connectivity index (χ2v) is 8.04. The van der Waals surface area contributed by atoms with Gasteiger partial charge in [-0.15, -0.1) is 11.3 Å². The highest BCUT2D eigenvalue weighted by molar-refractivity contribution is 7.14. The van der Waals surface area contributed by atoms with Crippen molar-refractivity contribution in [2.45, 2.75) is 45.0 Å². The second kappa shape index (κ2) is 7.95. The van der Waals surface area contributed by atoms with E-state index >= 15 is 0 Å². The van der Waals surface area contributed by atoms with Crippen molar-refractivity contribution >= 4 is 40.2 Å². The molecule has 0 aliphatic carbocycles. The number of hydrogen-bond acceptors (Lipinski definition) is 9. The van der Waals surface area contributed by atoms with Crippen LogP contribution >= 0.6 is 11.3 Å². The lowest BCUT2D eigenvalue weighted by Crippen LogP contribution is -2.70. The summed E-state index contributed by atoms with van der Waals surface area (Å²) in [6, 6.07) is -1.28. The zero-order valence-electron chi connectivity index (χ0n) is 15.8. The molecule has 0 bridgehead atoms. The van der Waals surface area contributed by atoms with Crippen LogP contribution in [0, 0.1) is 0 Å². The van der Waals surface area contributed by atoms with Gasteiger partial charge in [-0.1, -0.05) is 0 Å². The summed E-state index contributed by atoms with van der Waals surface area (Å²) in [6.45, 7) is 5.42. The topological polar surface area (TPSA) is 157 Å². The van der Waals surface area contributed by atoms with Gasteiger partial charge in [0, 0.05) is 5.38 Å². The minimum absolute atomic E-state index is 0.112. The minimum atomic E-state index is -0.970. The second-order valence-electron chi connectivity index (χ2n) is 7.18. The molecule has 0 saturated carbocycles. The van der Waals surface area contributed by atoms with Gasteiger partial charge in [0.1, 0.15) is 30.0 Å². The molecule has 3 amide bonds. The highest BCUT2D eigenvalue weighted by Crippen LogP contribution is 2.18. The zero-order chi connectivity index (χ0) is 21.2. The standard InChI is InChI=1S/C16H19N7O5S/c1-16(2,3)28-15(27)22-14-20-9(5-29-14)11(24)13(26)21-10-8(19-12(10)25)4-23-7-17-6-18-23/h5-8,10H,4H2,1-3H3,(H,19,25)(H,21,26)(H,20,22,27). The third kappa shape index (κ3) is 5.13. The van der Waals surface area contributed by atoms with E-state index in [9.17, 15) is 19.2 Å². The number of rotatable bonds is 6. The molecule has 12 nitrogen and oxygen atoms in total. The van der Waals surface area contributed by atoms with Crippen LogP contribution in [-0.2, 0) is 20.9 Å². The van der Waals surface area contributed by atoms with Crippen molar-refractivity contribution in [3.63, 3.8) is 0 Å². The van der Waals surface area contributed by atoms with E-state index in [2.05, 4.69) is 31.0 Å². The number of ether oxygens (including phenoxy) is 1. The molecule has 1 fully saturated rings. The van der Waals surface area contributed by atoms with Crippen LogP contribution in [0.15, 0.2) is 18.0 Å². The Morgan fingerprint density at radius 1 is 1.34 bits per heavy atom. The summed E-state index contributed by atoms with van der Waals surface area (Å²) in [4.78, 5) is 55.8. The molecule has 1 saturated heterocycles. The van der Waals surface area contributed by atoms with Crippen LogP contribution < -0.4 is 16.0 Å². The molecule has 13 heteroatoms. The van der Waals surface area contributed by atoms with Gasteiger partial charge in [-0.25, -0.2) is 14.8 Å². The number of nitrogens with zero attached hydrogens (tertiary/aromatic N) is 4. The van der Waals surface area contributed by atoms with E-state index in [0.29, 0.717) is 6.54 Å². The summed E-state index contributed by atoms with van der Waals surface area (Å²) >= 11 is 0.970. The summed E-state index contributed by atoms with van der Waals surface area (Å²) in [5.41, 5.74) is -0.836. The van der Waals surface area contributed by atoms with Crippen molar-refractivity contribution in [3.05, 3.63) is 23.7 Å². The van der Waals surface area contributed by atoms with Crippen LogP contribution in [0.4, 0.5) is 9.93 Å². The first-order chi connectivity index (χ1) is 13.6. The van der Waals surface area contributed by atoms with Crippen molar-refractivity contribution in [2.75, 3.05) is 5.32 Å². The molecule has 3 N–H and O–H groups in total. The number of hydrogen-bond donors (Lipinski definition) is 3. The molecule has 2 aromatic heterocycles. The van der Waals surface area contributed by atoms with Gasteiger partial charge >= 0.3 is 6.09 Å². The molecule has 0 spiro atoms. The molecule has 1 aliphatic rings. The van der Waals surface area contributed by atoms with Crippen LogP contribution in [0.2, 0.25) is 0 Å². The molecule has 0 radical (unpaired) electrons. The van der Waals surface area contributed by atoms with Gasteiger partial charge in [0.05, 0.1) is 12.6 Å². The first kappa shape index (κ1) is 20.4. The molecular formula is C16H19N7O5S. The lowest BCUT2D eigenvalue weighted by Gasteiger charge is -2.36. The van der Waals surface area contributed by atoms with Gasteiger partial charge in [-0.3, -0.25) is 24.4 Å². The van der Waals surface area contributed by atoms with Gasteiger partial charge in [0.2, 0.25) is 5.91 Å². The lowest BCUT2D eigenvalue weighted by atomic mass is 9.98. The van der Waals surface area contributed by atoms with E-state index in [1.54, 1.807) is 20.8 Å². The number of amides is 3. The molecule has 29 heavy (non-hydrogen) atoms. The van der Waals surface area contributed by atoms with E-state index in [1.807, 2.05) is 0 Å². The summed E-state index contributed by atoms with van der Waals surface area (Å²) in [5, 5.41) is 12.8. The Morgan fingerprint density at radius 3 is 2.72 bits per heavy atom. The Balaban J connectivity index is 1.56. The minimum Gasteiger partial charge on any atom is -0.444 e. The number of carbonyl (C=O) groups is 4. The number of aromatic nitrogens is 4. The molecule has 2 atom stereocenters. The fourth-order valence-electron chi connectivity index (χ4n) is 2.44. The van der Waals surface area contributed by atoms with Gasteiger partial charge in [-0.05, 0) is 20.8 Å². The summed E-state index contributed by atoms with van der Waals surface area (Å²) < 4.78 is 6.60. The van der Waals surface area contributed by atoms with Crippen molar-refractivity contribution < 1.29 is 23.9 Å². The number of Topliss-reactive ketones (excluding diaryl/α,β-unsaturated/α-hetero) is 1. The number of ketones is 1. The quantitative estimate of drug-likeness (QED) is 0.333. The molecule has 2 aromatic rings. The normalized spacial score (nSPS) is 18.4. The van der Waals surface area contributed by atoms with Crippen molar-refractivity contribution in [1.29, 1.82) is 0 Å². The number of β-lactam (4-membered cyclic amide) rings is 1. The average Bonchev–Trinajstić information content (AvgIpc) is 3.28.